The van der Waals surface area contributed by atoms with Crippen LogP contribution in [0.5, 0.6) is 0 Å². The van der Waals surface area contributed by atoms with Crippen LogP contribution >= 0.6 is 0 Å². The topological polar surface area (TPSA) is 52.6 Å². The fourth-order valence-electron chi connectivity index (χ4n) is 1.86. The number of hydrogen-bond donors (Lipinski definition) is 2. The largest absolute Gasteiger partial charge is 0.480 e. The lowest BCUT2D eigenvalue weighted by molar-refractivity contribution is -0.143. The third kappa shape index (κ3) is 4.17. The number of hydrogen-bond acceptors (Lipinski definition) is 3. The molecule has 0 aliphatic rings. The van der Waals surface area contributed by atoms with Gasteiger partial charge in [-0.3, -0.25) is 9.69 Å². The number of nitrogens with one attached hydrogen (secondary N) is 1. The Labute approximate surface area is 102 Å². The second kappa shape index (κ2) is 7.04. The summed E-state index contributed by atoms with van der Waals surface area (Å²) in [5.74, 6) is -0.803. The van der Waals surface area contributed by atoms with Gasteiger partial charge >= 0.3 is 5.97 Å². The molecule has 0 aliphatic carbocycles. The average Bonchev–Trinajstić information content (AvgIpc) is 2.30. The van der Waals surface area contributed by atoms with Gasteiger partial charge in [-0.05, 0) is 32.6 Å². The molecule has 0 aliphatic heterocycles. The second-order valence-electron chi connectivity index (χ2n) is 4.09. The first-order valence-electron chi connectivity index (χ1n) is 5.79. The summed E-state index contributed by atoms with van der Waals surface area (Å²) in [6.07, 6.45) is 0.934. The van der Waals surface area contributed by atoms with Crippen molar-refractivity contribution in [3.63, 3.8) is 0 Å². The Bertz CT molecular complexity index is 341. The quantitative estimate of drug-likeness (QED) is 0.702. The predicted octanol–water partition coefficient (Wildman–Crippen LogP) is 1.35. The van der Waals surface area contributed by atoms with Gasteiger partial charge in [-0.25, -0.2) is 0 Å². The maximum absolute atomic E-state index is 11.3. The van der Waals surface area contributed by atoms with Gasteiger partial charge in [-0.15, -0.1) is 0 Å². The minimum atomic E-state index is -0.803. The van der Waals surface area contributed by atoms with E-state index in [4.69, 9.17) is 0 Å². The summed E-state index contributed by atoms with van der Waals surface area (Å²) >= 11 is 0. The fourth-order valence-corrected chi connectivity index (χ4v) is 1.86. The molecule has 4 heteroatoms. The lowest BCUT2D eigenvalue weighted by atomic mass is 10.1. The zero-order chi connectivity index (χ0) is 12.7. The highest BCUT2D eigenvalue weighted by Gasteiger charge is 2.23. The highest BCUT2D eigenvalue weighted by Crippen LogP contribution is 2.19. The lowest BCUT2D eigenvalue weighted by Gasteiger charge is -2.24. The molecular formula is C13H20N2O2. The monoisotopic (exact) mass is 236 g/mol. The Kier molecular flexibility index (Phi) is 5.66. The number of benzene rings is 1. The van der Waals surface area contributed by atoms with E-state index in [1.54, 1.807) is 0 Å². The molecule has 1 atom stereocenters. The molecule has 1 aromatic rings. The van der Waals surface area contributed by atoms with E-state index in [-0.39, 0.29) is 0 Å². The zero-order valence-corrected chi connectivity index (χ0v) is 10.4. The van der Waals surface area contributed by atoms with Crippen molar-refractivity contribution < 1.29 is 9.90 Å². The molecule has 1 rings (SSSR count). The van der Waals surface area contributed by atoms with E-state index in [1.165, 1.54) is 0 Å². The number of aliphatic carboxylic acids is 1. The first kappa shape index (κ1) is 13.7. The van der Waals surface area contributed by atoms with Crippen molar-refractivity contribution in [3.8, 4) is 0 Å². The third-order valence-corrected chi connectivity index (χ3v) is 2.73. The average molecular weight is 236 g/mol. The number of carboxylic acid groups (broad SMARTS) is 1. The van der Waals surface area contributed by atoms with Gasteiger partial charge < -0.3 is 10.4 Å². The van der Waals surface area contributed by atoms with Gasteiger partial charge in [0.15, 0.2) is 0 Å². The number of nitrogens with zero attached hydrogens (tertiary/aromatic N) is 1. The number of carbonyl (C=O) groups is 1. The minimum absolute atomic E-state index is 0.562. The van der Waals surface area contributed by atoms with E-state index >= 15 is 0 Å². The number of carboxylic acids is 1. The van der Waals surface area contributed by atoms with E-state index in [2.05, 4.69) is 5.32 Å². The molecule has 0 heterocycles. The van der Waals surface area contributed by atoms with E-state index in [0.29, 0.717) is 0 Å². The molecule has 17 heavy (non-hydrogen) atoms. The molecule has 94 valence electrons. The highest BCUT2D eigenvalue weighted by atomic mass is 16.4. The number of likely N-dealkylation sites (N-methyl/N-ethyl adjacent to an activating group) is 1. The fraction of sp³-hybridized carbons (Fsp3) is 0.462. The van der Waals surface area contributed by atoms with Gasteiger partial charge in [0.25, 0.3) is 0 Å². The van der Waals surface area contributed by atoms with Crippen molar-refractivity contribution in [2.24, 2.45) is 0 Å². The van der Waals surface area contributed by atoms with Crippen LogP contribution in [0.3, 0.4) is 0 Å². The van der Waals surface area contributed by atoms with Crippen molar-refractivity contribution in [1.29, 1.82) is 0 Å². The summed E-state index contributed by atoms with van der Waals surface area (Å²) < 4.78 is 0. The molecule has 1 aromatic carbocycles. The first-order valence-corrected chi connectivity index (χ1v) is 5.79. The molecule has 0 saturated carbocycles. The van der Waals surface area contributed by atoms with E-state index in [9.17, 15) is 9.90 Å². The first-order chi connectivity index (χ1) is 8.16. The van der Waals surface area contributed by atoms with Gasteiger partial charge in [0.1, 0.15) is 6.04 Å². The van der Waals surface area contributed by atoms with Crippen LogP contribution in [0.25, 0.3) is 0 Å². The maximum atomic E-state index is 11.3. The van der Waals surface area contributed by atoms with Crippen LogP contribution in [-0.4, -0.2) is 43.2 Å². The van der Waals surface area contributed by atoms with Gasteiger partial charge in [0.05, 0.1) is 0 Å². The Balaban J connectivity index is 2.69. The molecule has 0 fully saturated rings. The summed E-state index contributed by atoms with van der Waals surface area (Å²) in [7, 11) is 3.74. The van der Waals surface area contributed by atoms with Crippen LogP contribution in [0.4, 0.5) is 0 Å². The molecule has 1 unspecified atom stereocenters. The Hall–Kier alpha value is -1.39. The smallest absolute Gasteiger partial charge is 0.325 e. The van der Waals surface area contributed by atoms with Crippen LogP contribution in [0.1, 0.15) is 18.0 Å². The summed E-state index contributed by atoms with van der Waals surface area (Å²) in [5, 5.41) is 12.4. The Morgan fingerprint density at radius 1 is 1.41 bits per heavy atom. The molecule has 4 nitrogen and oxygen atoms in total. The Morgan fingerprint density at radius 3 is 2.59 bits per heavy atom. The SMILES string of the molecule is CNCCCN(C)C(C(=O)O)c1ccccc1. The van der Waals surface area contributed by atoms with Crippen molar-refractivity contribution in [2.75, 3.05) is 27.2 Å². The molecule has 0 amide bonds. The van der Waals surface area contributed by atoms with Crippen LogP contribution in [0.15, 0.2) is 30.3 Å². The standard InChI is InChI=1S/C13H20N2O2/c1-14-9-6-10-15(2)12(13(16)17)11-7-4-3-5-8-11/h3-5,7-8,12,14H,6,9-10H2,1-2H3,(H,16,17). The van der Waals surface area contributed by atoms with Crippen LogP contribution < -0.4 is 5.32 Å². The predicted molar refractivity (Wildman–Crippen MR) is 68.0 cm³/mol. The zero-order valence-electron chi connectivity index (χ0n) is 10.4. The van der Waals surface area contributed by atoms with Gasteiger partial charge in [-0.2, -0.15) is 0 Å². The summed E-state index contributed by atoms with van der Waals surface area (Å²) in [5.41, 5.74) is 0.826. The Morgan fingerprint density at radius 2 is 2.06 bits per heavy atom. The molecular weight excluding hydrogens is 216 g/mol. The van der Waals surface area contributed by atoms with E-state index < -0.39 is 12.0 Å². The third-order valence-electron chi connectivity index (χ3n) is 2.73. The van der Waals surface area contributed by atoms with Crippen LogP contribution in [0.2, 0.25) is 0 Å². The number of rotatable bonds is 7. The molecule has 0 bridgehead atoms. The van der Waals surface area contributed by atoms with Gasteiger partial charge in [0, 0.05) is 6.54 Å². The summed E-state index contributed by atoms with van der Waals surface area (Å²) in [6.45, 7) is 1.65. The lowest BCUT2D eigenvalue weighted by Crippen LogP contribution is -2.32. The van der Waals surface area contributed by atoms with Crippen LogP contribution in [0, 0.1) is 0 Å². The molecule has 0 saturated heterocycles. The minimum Gasteiger partial charge on any atom is -0.480 e. The van der Waals surface area contributed by atoms with Crippen molar-refractivity contribution in [3.05, 3.63) is 35.9 Å². The molecule has 2 N–H and O–H groups in total. The second-order valence-corrected chi connectivity index (χ2v) is 4.09. The highest BCUT2D eigenvalue weighted by molar-refractivity contribution is 5.75. The van der Waals surface area contributed by atoms with Gasteiger partial charge in [0.2, 0.25) is 0 Å². The van der Waals surface area contributed by atoms with Crippen LogP contribution in [-0.2, 0) is 4.79 Å². The van der Waals surface area contributed by atoms with Crippen molar-refractivity contribution >= 4 is 5.97 Å². The van der Waals surface area contributed by atoms with Crippen molar-refractivity contribution in [1.82, 2.24) is 10.2 Å². The maximum Gasteiger partial charge on any atom is 0.325 e. The molecule has 0 spiro atoms. The van der Waals surface area contributed by atoms with E-state index in [1.807, 2.05) is 49.3 Å². The van der Waals surface area contributed by atoms with Crippen molar-refractivity contribution in [2.45, 2.75) is 12.5 Å². The molecule has 0 radical (unpaired) electrons. The summed E-state index contributed by atoms with van der Waals surface area (Å²) in [4.78, 5) is 13.2. The molecule has 0 aromatic heterocycles. The summed E-state index contributed by atoms with van der Waals surface area (Å²) in [6, 6.07) is 8.77. The van der Waals surface area contributed by atoms with Gasteiger partial charge in [-0.1, -0.05) is 30.3 Å². The normalized spacial score (nSPS) is 12.6. The van der Waals surface area contributed by atoms with E-state index in [0.717, 1.165) is 25.1 Å².